The van der Waals surface area contributed by atoms with E-state index in [4.69, 9.17) is 17.3 Å². The topological polar surface area (TPSA) is 38.9 Å². The molecule has 0 unspecified atom stereocenters. The second-order valence-corrected chi connectivity index (χ2v) is 3.87. The Morgan fingerprint density at radius 3 is 2.81 bits per heavy atom. The number of rotatable bonds is 2. The number of benzene rings is 1. The number of hydrogen-bond donors (Lipinski definition) is 1. The fourth-order valence-corrected chi connectivity index (χ4v) is 1.67. The smallest absolute Gasteiger partial charge is 0.145 e. The van der Waals surface area contributed by atoms with Crippen LogP contribution in [0.4, 0.5) is 10.1 Å². The Bertz CT molecular complexity index is 514. The molecule has 0 saturated heterocycles. The minimum atomic E-state index is -0.396. The van der Waals surface area contributed by atoms with Gasteiger partial charge in [-0.25, -0.2) is 4.39 Å². The van der Waals surface area contributed by atoms with Gasteiger partial charge in [0.15, 0.2) is 0 Å². The summed E-state index contributed by atoms with van der Waals surface area (Å²) in [6, 6.07) is 6.62. The highest BCUT2D eigenvalue weighted by Gasteiger charge is 2.08. The van der Waals surface area contributed by atoms with E-state index in [2.05, 4.69) is 4.98 Å². The van der Waals surface area contributed by atoms with Gasteiger partial charge in [-0.2, -0.15) is 0 Å². The van der Waals surface area contributed by atoms with Crippen LogP contribution >= 0.6 is 11.6 Å². The summed E-state index contributed by atoms with van der Waals surface area (Å²) >= 11 is 5.70. The number of nitrogen functional groups attached to an aromatic ring is 1. The van der Waals surface area contributed by atoms with Gasteiger partial charge in [0, 0.05) is 24.5 Å². The van der Waals surface area contributed by atoms with Crippen LogP contribution in [0.25, 0.3) is 0 Å². The maximum absolute atomic E-state index is 13.6. The lowest BCUT2D eigenvalue weighted by Gasteiger charge is -2.06. The highest BCUT2D eigenvalue weighted by molar-refractivity contribution is 6.30. The largest absolute Gasteiger partial charge is 0.398 e. The maximum atomic E-state index is 13.6. The first-order valence-corrected chi connectivity index (χ1v) is 5.17. The van der Waals surface area contributed by atoms with Crippen molar-refractivity contribution in [2.75, 3.05) is 5.73 Å². The first-order chi connectivity index (χ1) is 7.68. The van der Waals surface area contributed by atoms with Gasteiger partial charge in [-0.05, 0) is 23.3 Å². The molecule has 0 aliphatic heterocycles. The molecule has 2 N–H and O–H groups in total. The van der Waals surface area contributed by atoms with E-state index in [1.54, 1.807) is 30.6 Å². The Morgan fingerprint density at radius 2 is 2.06 bits per heavy atom. The number of pyridine rings is 1. The SMILES string of the molecule is Nc1ccncc1Cc1cccc(Cl)c1F. The molecule has 16 heavy (non-hydrogen) atoms. The zero-order chi connectivity index (χ0) is 11.5. The van der Waals surface area contributed by atoms with Crippen molar-refractivity contribution < 1.29 is 4.39 Å². The van der Waals surface area contributed by atoms with Gasteiger partial charge in [-0.15, -0.1) is 0 Å². The Hall–Kier alpha value is -1.61. The summed E-state index contributed by atoms with van der Waals surface area (Å²) < 4.78 is 13.6. The number of halogens is 2. The molecular formula is C12H10ClFN2. The third-order valence-corrected chi connectivity index (χ3v) is 2.65. The molecule has 4 heteroatoms. The Balaban J connectivity index is 2.35. The average molecular weight is 237 g/mol. The first kappa shape index (κ1) is 10.9. The number of nitrogens with zero attached hydrogens (tertiary/aromatic N) is 1. The van der Waals surface area contributed by atoms with E-state index < -0.39 is 5.82 Å². The molecular weight excluding hydrogens is 227 g/mol. The van der Waals surface area contributed by atoms with Crippen molar-refractivity contribution in [3.8, 4) is 0 Å². The van der Waals surface area contributed by atoms with E-state index in [1.807, 2.05) is 0 Å². The summed E-state index contributed by atoms with van der Waals surface area (Å²) in [7, 11) is 0. The molecule has 1 heterocycles. The van der Waals surface area contributed by atoms with Gasteiger partial charge in [0.25, 0.3) is 0 Å². The van der Waals surface area contributed by atoms with E-state index in [9.17, 15) is 4.39 Å². The van der Waals surface area contributed by atoms with Gasteiger partial charge >= 0.3 is 0 Å². The predicted molar refractivity (Wildman–Crippen MR) is 62.9 cm³/mol. The van der Waals surface area contributed by atoms with Crippen LogP contribution in [0.3, 0.4) is 0 Å². The average Bonchev–Trinajstić information content (AvgIpc) is 2.28. The van der Waals surface area contributed by atoms with Crippen LogP contribution in [0.2, 0.25) is 5.02 Å². The van der Waals surface area contributed by atoms with Crippen LogP contribution < -0.4 is 5.73 Å². The fourth-order valence-electron chi connectivity index (χ4n) is 1.48. The van der Waals surface area contributed by atoms with Crippen molar-refractivity contribution in [2.24, 2.45) is 0 Å². The lowest BCUT2D eigenvalue weighted by molar-refractivity contribution is 0.614. The minimum absolute atomic E-state index is 0.125. The summed E-state index contributed by atoms with van der Waals surface area (Å²) in [5, 5.41) is 0.125. The highest BCUT2D eigenvalue weighted by Crippen LogP contribution is 2.22. The summed E-state index contributed by atoms with van der Waals surface area (Å²) in [6.45, 7) is 0. The Morgan fingerprint density at radius 1 is 1.25 bits per heavy atom. The van der Waals surface area contributed by atoms with Crippen LogP contribution in [0, 0.1) is 5.82 Å². The van der Waals surface area contributed by atoms with Gasteiger partial charge in [0.1, 0.15) is 5.82 Å². The molecule has 0 saturated carbocycles. The standard InChI is InChI=1S/C12H10ClFN2/c13-10-3-1-2-8(12(10)14)6-9-7-16-5-4-11(9)15/h1-5,7H,6H2,(H2,15,16). The van der Waals surface area contributed by atoms with E-state index in [0.717, 1.165) is 5.56 Å². The van der Waals surface area contributed by atoms with Gasteiger partial charge in [-0.1, -0.05) is 23.7 Å². The molecule has 0 fully saturated rings. The van der Waals surface area contributed by atoms with Crippen LogP contribution in [-0.4, -0.2) is 4.98 Å². The molecule has 0 atom stereocenters. The number of anilines is 1. The summed E-state index contributed by atoms with van der Waals surface area (Å²) in [5.41, 5.74) is 7.68. The molecule has 82 valence electrons. The molecule has 0 bridgehead atoms. The number of nitrogens with two attached hydrogens (primary N) is 1. The summed E-state index contributed by atoms with van der Waals surface area (Å²) in [4.78, 5) is 3.96. The summed E-state index contributed by atoms with van der Waals surface area (Å²) in [6.07, 6.45) is 3.63. The number of aromatic nitrogens is 1. The van der Waals surface area contributed by atoms with E-state index in [1.165, 1.54) is 6.07 Å². The van der Waals surface area contributed by atoms with Crippen LogP contribution in [0.1, 0.15) is 11.1 Å². The minimum Gasteiger partial charge on any atom is -0.398 e. The number of hydrogen-bond acceptors (Lipinski definition) is 2. The van der Waals surface area contributed by atoms with Crippen molar-refractivity contribution in [1.82, 2.24) is 4.98 Å². The predicted octanol–water partition coefficient (Wildman–Crippen LogP) is 3.05. The second kappa shape index (κ2) is 4.49. The Kier molecular flexibility index (Phi) is 3.06. The highest BCUT2D eigenvalue weighted by atomic mass is 35.5. The van der Waals surface area contributed by atoms with Crippen molar-refractivity contribution in [3.05, 3.63) is 58.6 Å². The third kappa shape index (κ3) is 2.14. The molecule has 1 aromatic heterocycles. The van der Waals surface area contributed by atoms with Crippen molar-refractivity contribution in [3.63, 3.8) is 0 Å². The molecule has 0 amide bonds. The lowest BCUT2D eigenvalue weighted by Crippen LogP contribution is -1.98. The molecule has 0 spiro atoms. The van der Waals surface area contributed by atoms with Gasteiger partial charge in [0.05, 0.1) is 5.02 Å². The fraction of sp³-hybridized carbons (Fsp3) is 0.0833. The molecule has 2 aromatic rings. The molecule has 2 nitrogen and oxygen atoms in total. The van der Waals surface area contributed by atoms with Crippen molar-refractivity contribution in [1.29, 1.82) is 0 Å². The van der Waals surface area contributed by atoms with Crippen molar-refractivity contribution >= 4 is 17.3 Å². The second-order valence-electron chi connectivity index (χ2n) is 3.46. The molecule has 0 radical (unpaired) electrons. The molecule has 2 rings (SSSR count). The van der Waals surface area contributed by atoms with Gasteiger partial charge in [0.2, 0.25) is 0 Å². The van der Waals surface area contributed by atoms with Gasteiger partial charge < -0.3 is 5.73 Å². The monoisotopic (exact) mass is 236 g/mol. The normalized spacial score (nSPS) is 10.4. The van der Waals surface area contributed by atoms with E-state index in [0.29, 0.717) is 17.7 Å². The van der Waals surface area contributed by atoms with Crippen LogP contribution in [-0.2, 0) is 6.42 Å². The molecule has 0 aliphatic carbocycles. The first-order valence-electron chi connectivity index (χ1n) is 4.79. The molecule has 1 aromatic carbocycles. The van der Waals surface area contributed by atoms with E-state index in [-0.39, 0.29) is 5.02 Å². The zero-order valence-electron chi connectivity index (χ0n) is 8.45. The van der Waals surface area contributed by atoms with Gasteiger partial charge in [-0.3, -0.25) is 4.98 Å². The van der Waals surface area contributed by atoms with E-state index >= 15 is 0 Å². The summed E-state index contributed by atoms with van der Waals surface area (Å²) in [5.74, 6) is -0.396. The quantitative estimate of drug-likeness (QED) is 0.871. The van der Waals surface area contributed by atoms with Crippen molar-refractivity contribution in [2.45, 2.75) is 6.42 Å². The zero-order valence-corrected chi connectivity index (χ0v) is 9.21. The molecule has 0 aliphatic rings. The van der Waals surface area contributed by atoms with Crippen LogP contribution in [0.5, 0.6) is 0 Å². The third-order valence-electron chi connectivity index (χ3n) is 2.35. The lowest BCUT2D eigenvalue weighted by atomic mass is 10.0. The van der Waals surface area contributed by atoms with Crippen LogP contribution in [0.15, 0.2) is 36.7 Å². The Labute approximate surface area is 97.9 Å². The maximum Gasteiger partial charge on any atom is 0.145 e.